The Morgan fingerprint density at radius 3 is 2.57 bits per heavy atom. The summed E-state index contributed by atoms with van der Waals surface area (Å²) in [6, 6.07) is 20.4. The fourth-order valence-electron chi connectivity index (χ4n) is 2.70. The molecular formula is C18H13ClN2. The summed E-state index contributed by atoms with van der Waals surface area (Å²) >= 11 is 6.22. The molecule has 0 saturated carbocycles. The van der Waals surface area contributed by atoms with Crippen LogP contribution in [0.4, 0.5) is 0 Å². The van der Waals surface area contributed by atoms with Gasteiger partial charge in [0, 0.05) is 33.4 Å². The van der Waals surface area contributed by atoms with Crippen LogP contribution in [0.5, 0.6) is 0 Å². The molecule has 2 nitrogen and oxygen atoms in total. The first-order chi connectivity index (χ1) is 10.3. The maximum absolute atomic E-state index is 6.22. The van der Waals surface area contributed by atoms with Crippen molar-refractivity contribution in [3.05, 3.63) is 76.9 Å². The van der Waals surface area contributed by atoms with Crippen molar-refractivity contribution in [3.63, 3.8) is 0 Å². The summed E-state index contributed by atoms with van der Waals surface area (Å²) in [7, 11) is 0. The van der Waals surface area contributed by atoms with Crippen molar-refractivity contribution in [2.24, 2.45) is 0 Å². The van der Waals surface area contributed by atoms with E-state index < -0.39 is 0 Å². The van der Waals surface area contributed by atoms with Gasteiger partial charge in [0.05, 0.1) is 0 Å². The van der Waals surface area contributed by atoms with Crippen LogP contribution in [-0.2, 0) is 6.42 Å². The minimum atomic E-state index is 0.741. The molecule has 2 aromatic carbocycles. The number of H-pyrrole nitrogens is 1. The third-order valence-corrected chi connectivity index (χ3v) is 4.12. The Morgan fingerprint density at radius 2 is 1.67 bits per heavy atom. The second kappa shape index (κ2) is 4.90. The summed E-state index contributed by atoms with van der Waals surface area (Å²) in [5.41, 5.74) is 4.17. The van der Waals surface area contributed by atoms with Gasteiger partial charge in [-0.2, -0.15) is 0 Å². The average Bonchev–Trinajstić information content (AvgIpc) is 2.87. The van der Waals surface area contributed by atoms with Crippen LogP contribution >= 0.6 is 11.6 Å². The van der Waals surface area contributed by atoms with Gasteiger partial charge in [0.2, 0.25) is 0 Å². The highest BCUT2D eigenvalue weighted by Crippen LogP contribution is 2.25. The molecule has 0 aliphatic rings. The second-order valence-electron chi connectivity index (χ2n) is 5.14. The van der Waals surface area contributed by atoms with Gasteiger partial charge in [-0.3, -0.25) is 0 Å². The topological polar surface area (TPSA) is 28.7 Å². The van der Waals surface area contributed by atoms with Crippen molar-refractivity contribution < 1.29 is 0 Å². The van der Waals surface area contributed by atoms with Gasteiger partial charge in [0.1, 0.15) is 5.65 Å². The van der Waals surface area contributed by atoms with Crippen LogP contribution in [0.3, 0.4) is 0 Å². The Kier molecular flexibility index (Phi) is 2.90. The lowest BCUT2D eigenvalue weighted by atomic mass is 10.1. The summed E-state index contributed by atoms with van der Waals surface area (Å²) in [5.74, 6) is 0. The molecule has 0 unspecified atom stereocenters. The van der Waals surface area contributed by atoms with Crippen LogP contribution < -0.4 is 0 Å². The number of aromatic amines is 1. The number of hydrogen-bond donors (Lipinski definition) is 1. The maximum atomic E-state index is 6.22. The molecule has 0 aliphatic heterocycles. The third-order valence-electron chi connectivity index (χ3n) is 3.75. The van der Waals surface area contributed by atoms with Crippen LogP contribution in [0.1, 0.15) is 11.3 Å². The van der Waals surface area contributed by atoms with E-state index in [1.54, 1.807) is 0 Å². The van der Waals surface area contributed by atoms with Gasteiger partial charge < -0.3 is 4.98 Å². The van der Waals surface area contributed by atoms with Crippen LogP contribution in [0.15, 0.2) is 60.7 Å². The summed E-state index contributed by atoms with van der Waals surface area (Å²) in [4.78, 5) is 8.11. The van der Waals surface area contributed by atoms with Crippen LogP contribution in [-0.4, -0.2) is 9.97 Å². The van der Waals surface area contributed by atoms with Gasteiger partial charge in [-0.15, -0.1) is 0 Å². The minimum absolute atomic E-state index is 0.741. The molecule has 102 valence electrons. The average molecular weight is 293 g/mol. The monoisotopic (exact) mass is 292 g/mol. The molecule has 0 bridgehead atoms. The smallest absolute Gasteiger partial charge is 0.138 e. The lowest BCUT2D eigenvalue weighted by Crippen LogP contribution is -1.93. The van der Waals surface area contributed by atoms with Crippen LogP contribution in [0.2, 0.25) is 5.02 Å². The number of nitrogens with one attached hydrogen (secondary N) is 1. The minimum Gasteiger partial charge on any atom is -0.339 e. The first-order valence-corrected chi connectivity index (χ1v) is 7.29. The van der Waals surface area contributed by atoms with E-state index >= 15 is 0 Å². The van der Waals surface area contributed by atoms with Gasteiger partial charge in [-0.1, -0.05) is 48.0 Å². The summed E-state index contributed by atoms with van der Waals surface area (Å²) in [6.45, 7) is 0. The zero-order valence-electron chi connectivity index (χ0n) is 11.3. The summed E-state index contributed by atoms with van der Waals surface area (Å²) in [5, 5.41) is 3.16. The number of fused-ring (bicyclic) bond motifs is 3. The van der Waals surface area contributed by atoms with E-state index in [1.807, 2.05) is 36.4 Å². The maximum Gasteiger partial charge on any atom is 0.138 e. The molecule has 0 radical (unpaired) electrons. The van der Waals surface area contributed by atoms with Crippen LogP contribution in [0, 0.1) is 0 Å². The first kappa shape index (κ1) is 12.4. The molecule has 0 saturated heterocycles. The molecule has 3 heteroatoms. The number of halogens is 1. The Morgan fingerprint density at radius 1 is 0.857 bits per heavy atom. The van der Waals surface area contributed by atoms with Gasteiger partial charge in [0.25, 0.3) is 0 Å². The zero-order chi connectivity index (χ0) is 14.2. The quantitative estimate of drug-likeness (QED) is 0.556. The Bertz CT molecular complexity index is 940. The van der Waals surface area contributed by atoms with Gasteiger partial charge in [-0.25, -0.2) is 4.98 Å². The van der Waals surface area contributed by atoms with E-state index in [0.29, 0.717) is 0 Å². The van der Waals surface area contributed by atoms with E-state index in [9.17, 15) is 0 Å². The van der Waals surface area contributed by atoms with E-state index in [1.165, 1.54) is 5.39 Å². The Hall–Kier alpha value is -2.32. The first-order valence-electron chi connectivity index (χ1n) is 6.91. The zero-order valence-corrected chi connectivity index (χ0v) is 12.1. The van der Waals surface area contributed by atoms with Crippen molar-refractivity contribution in [2.75, 3.05) is 0 Å². The number of pyridine rings is 1. The fourth-order valence-corrected chi connectivity index (χ4v) is 2.90. The molecule has 2 heterocycles. The second-order valence-corrected chi connectivity index (χ2v) is 5.54. The molecular weight excluding hydrogens is 280 g/mol. The molecule has 4 rings (SSSR count). The Labute approximate surface area is 127 Å². The largest absolute Gasteiger partial charge is 0.339 e. The van der Waals surface area contributed by atoms with Crippen molar-refractivity contribution in [3.8, 4) is 0 Å². The van der Waals surface area contributed by atoms with Crippen molar-refractivity contribution in [2.45, 2.75) is 6.42 Å². The van der Waals surface area contributed by atoms with E-state index in [2.05, 4.69) is 29.2 Å². The molecule has 1 N–H and O–H groups in total. The normalized spacial score (nSPS) is 11.3. The highest BCUT2D eigenvalue weighted by molar-refractivity contribution is 6.31. The number of nitrogens with zero attached hydrogens (tertiary/aromatic N) is 1. The van der Waals surface area contributed by atoms with E-state index in [-0.39, 0.29) is 0 Å². The molecule has 0 spiro atoms. The van der Waals surface area contributed by atoms with E-state index in [0.717, 1.165) is 39.3 Å². The van der Waals surface area contributed by atoms with Gasteiger partial charge in [0.15, 0.2) is 0 Å². The number of aromatic nitrogens is 2. The van der Waals surface area contributed by atoms with Crippen molar-refractivity contribution in [1.29, 1.82) is 0 Å². The molecule has 2 aromatic heterocycles. The molecule has 0 aliphatic carbocycles. The molecule has 0 amide bonds. The number of benzene rings is 2. The Balaban J connectivity index is 1.80. The number of rotatable bonds is 2. The molecule has 0 atom stereocenters. The molecule has 0 fully saturated rings. The highest BCUT2D eigenvalue weighted by Gasteiger charge is 2.07. The lowest BCUT2D eigenvalue weighted by molar-refractivity contribution is 1.09. The van der Waals surface area contributed by atoms with Crippen LogP contribution in [0.25, 0.3) is 21.9 Å². The van der Waals surface area contributed by atoms with Gasteiger partial charge in [-0.05, 0) is 29.8 Å². The standard InChI is InChI=1S/C18H13ClN2/c19-16-7-3-1-5-12(16)11-13-9-10-15-14-6-2-4-8-17(14)21-18(15)20-13/h1-10H,11H2,(H,20,21). The highest BCUT2D eigenvalue weighted by atomic mass is 35.5. The summed E-state index contributed by atoms with van der Waals surface area (Å²) < 4.78 is 0. The molecule has 21 heavy (non-hydrogen) atoms. The fraction of sp³-hybridized carbons (Fsp3) is 0.0556. The lowest BCUT2D eigenvalue weighted by Gasteiger charge is -2.03. The van der Waals surface area contributed by atoms with Gasteiger partial charge >= 0.3 is 0 Å². The predicted molar refractivity (Wildman–Crippen MR) is 87.9 cm³/mol. The number of para-hydroxylation sites is 1. The van der Waals surface area contributed by atoms with E-state index in [4.69, 9.17) is 16.6 Å². The third kappa shape index (κ3) is 2.18. The number of hydrogen-bond acceptors (Lipinski definition) is 1. The SMILES string of the molecule is Clc1ccccc1Cc1ccc2c(n1)[nH]c1ccccc12. The predicted octanol–water partition coefficient (Wildman–Crippen LogP) is 4.96. The van der Waals surface area contributed by atoms with Crippen molar-refractivity contribution in [1.82, 2.24) is 9.97 Å². The van der Waals surface area contributed by atoms with Crippen molar-refractivity contribution >= 4 is 33.5 Å². The molecule has 4 aromatic rings. The summed E-state index contributed by atoms with van der Waals surface area (Å²) in [6.07, 6.45) is 0.741.